The zero-order valence-electron chi connectivity index (χ0n) is 20.3. The minimum Gasteiger partial charge on any atom is -0.339 e. The molecule has 0 radical (unpaired) electrons. The summed E-state index contributed by atoms with van der Waals surface area (Å²) >= 11 is 0. The number of urea groups is 1. The third-order valence-corrected chi connectivity index (χ3v) is 8.93. The molecular formula is C27H34FN5O2. The molecule has 4 saturated carbocycles. The first-order valence-corrected chi connectivity index (χ1v) is 13.0. The Morgan fingerprint density at radius 3 is 2.09 bits per heavy atom. The number of nitrogens with zero attached hydrogens (tertiary/aromatic N) is 4. The van der Waals surface area contributed by atoms with Crippen molar-refractivity contribution in [3.05, 3.63) is 53.9 Å². The molecule has 8 heteroatoms. The predicted octanol–water partition coefficient (Wildman–Crippen LogP) is 3.72. The number of piperazine rings is 1. The number of nitrogens with one attached hydrogen (secondary N) is 1. The van der Waals surface area contributed by atoms with Gasteiger partial charge in [-0.25, -0.2) is 14.2 Å². The maximum atomic E-state index is 13.7. The van der Waals surface area contributed by atoms with Gasteiger partial charge in [0.2, 0.25) is 5.91 Å². The average Bonchev–Trinajstić information content (AvgIpc) is 3.27. The zero-order valence-corrected chi connectivity index (χ0v) is 20.3. The first-order valence-electron chi connectivity index (χ1n) is 13.0. The van der Waals surface area contributed by atoms with Crippen LogP contribution in [0.4, 0.5) is 9.18 Å². The average molecular weight is 480 g/mol. The van der Waals surface area contributed by atoms with Gasteiger partial charge in [0, 0.05) is 45.6 Å². The van der Waals surface area contributed by atoms with Crippen molar-refractivity contribution in [3.8, 4) is 0 Å². The molecular weight excluding hydrogens is 445 g/mol. The number of carbonyl (C=O) groups excluding carboxylic acids is 2. The summed E-state index contributed by atoms with van der Waals surface area (Å²) in [5, 5.41) is 3.10. The maximum absolute atomic E-state index is 13.7. The van der Waals surface area contributed by atoms with Gasteiger partial charge in [-0.1, -0.05) is 12.1 Å². The second-order valence-corrected chi connectivity index (χ2v) is 11.3. The van der Waals surface area contributed by atoms with E-state index >= 15 is 0 Å². The molecule has 5 aliphatic rings. The van der Waals surface area contributed by atoms with Crippen molar-refractivity contribution < 1.29 is 14.0 Å². The molecule has 0 spiro atoms. The van der Waals surface area contributed by atoms with Gasteiger partial charge in [0.15, 0.2) is 0 Å². The third-order valence-electron chi connectivity index (χ3n) is 8.93. The number of benzene rings is 1. The summed E-state index contributed by atoms with van der Waals surface area (Å²) in [5.41, 5.74) is 0.634. The lowest BCUT2D eigenvalue weighted by Gasteiger charge is -2.57. The quantitative estimate of drug-likeness (QED) is 0.727. The van der Waals surface area contributed by atoms with E-state index in [-0.39, 0.29) is 17.3 Å². The molecule has 1 aliphatic heterocycles. The molecule has 1 N–H and O–H groups in total. The number of imidazole rings is 1. The number of carbonyl (C=O) groups is 2. The van der Waals surface area contributed by atoms with E-state index in [1.165, 1.54) is 31.4 Å². The van der Waals surface area contributed by atoms with Crippen LogP contribution in [0.15, 0.2) is 36.7 Å². The number of rotatable bonds is 4. The maximum Gasteiger partial charge on any atom is 0.318 e. The number of hydrogen-bond acceptors (Lipinski definition) is 3. The van der Waals surface area contributed by atoms with E-state index in [0.717, 1.165) is 42.6 Å². The molecule has 1 unspecified atom stereocenters. The lowest BCUT2D eigenvalue weighted by molar-refractivity contribution is -0.159. The molecule has 4 aliphatic carbocycles. The first kappa shape index (κ1) is 22.6. The SMILES string of the molecule is Cn1ccnc1C(NC(=O)N1CCN(C(=O)C23CC4CC(CC(C4)C2)C3)CC1)c1ccc(F)cc1. The molecule has 186 valence electrons. The Kier molecular flexibility index (Phi) is 5.57. The van der Waals surface area contributed by atoms with Crippen LogP contribution in [0.3, 0.4) is 0 Å². The van der Waals surface area contributed by atoms with Crippen LogP contribution >= 0.6 is 0 Å². The first-order chi connectivity index (χ1) is 16.9. The Morgan fingerprint density at radius 2 is 1.54 bits per heavy atom. The minimum absolute atomic E-state index is 0.134. The fourth-order valence-corrected chi connectivity index (χ4v) is 7.64. The Hall–Kier alpha value is -2.90. The van der Waals surface area contributed by atoms with Gasteiger partial charge in [0.1, 0.15) is 17.7 Å². The zero-order chi connectivity index (χ0) is 24.2. The van der Waals surface area contributed by atoms with Crippen molar-refractivity contribution in [3.63, 3.8) is 0 Å². The number of aryl methyl sites for hydroxylation is 1. The molecule has 4 bridgehead atoms. The highest BCUT2D eigenvalue weighted by Crippen LogP contribution is 2.60. The molecule has 7 nitrogen and oxygen atoms in total. The molecule has 3 amide bonds. The lowest BCUT2D eigenvalue weighted by atomic mass is 9.49. The molecule has 1 aromatic carbocycles. The van der Waals surface area contributed by atoms with Crippen molar-refractivity contribution in [1.82, 2.24) is 24.7 Å². The van der Waals surface area contributed by atoms with Crippen molar-refractivity contribution in [2.75, 3.05) is 26.2 Å². The van der Waals surface area contributed by atoms with E-state index < -0.39 is 6.04 Å². The van der Waals surface area contributed by atoms with Crippen molar-refractivity contribution in [2.45, 2.75) is 44.6 Å². The standard InChI is InChI=1S/C27H34FN5O2/c1-31-7-6-29-24(31)23(21-2-4-22(28)5-3-21)30-26(35)33-10-8-32(9-11-33)25(34)27-15-18-12-19(16-27)14-20(13-18)17-27/h2-7,18-20,23H,8-17H2,1H3,(H,30,35). The number of halogens is 1. The highest BCUT2D eigenvalue weighted by atomic mass is 19.1. The van der Waals surface area contributed by atoms with Crippen LogP contribution in [0.2, 0.25) is 0 Å². The normalized spacial score (nSPS) is 30.4. The smallest absolute Gasteiger partial charge is 0.318 e. The summed E-state index contributed by atoms with van der Waals surface area (Å²) < 4.78 is 15.4. The summed E-state index contributed by atoms with van der Waals surface area (Å²) in [6.07, 6.45) is 10.7. The summed E-state index contributed by atoms with van der Waals surface area (Å²) in [7, 11) is 1.87. The Balaban J connectivity index is 1.11. The number of hydrogen-bond donors (Lipinski definition) is 1. The highest BCUT2D eigenvalue weighted by molar-refractivity contribution is 5.84. The minimum atomic E-state index is -0.491. The van der Waals surface area contributed by atoms with Crippen LogP contribution in [0, 0.1) is 29.0 Å². The van der Waals surface area contributed by atoms with Crippen LogP contribution in [-0.2, 0) is 11.8 Å². The van der Waals surface area contributed by atoms with E-state index in [1.54, 1.807) is 23.2 Å². The number of amides is 3. The largest absolute Gasteiger partial charge is 0.339 e. The van der Waals surface area contributed by atoms with Gasteiger partial charge in [-0.3, -0.25) is 4.79 Å². The molecule has 7 rings (SSSR count). The summed E-state index contributed by atoms with van der Waals surface area (Å²) in [5.74, 6) is 2.93. The van der Waals surface area contributed by atoms with Crippen LogP contribution < -0.4 is 5.32 Å². The van der Waals surface area contributed by atoms with E-state index in [2.05, 4.69) is 10.3 Å². The van der Waals surface area contributed by atoms with Gasteiger partial charge in [-0.15, -0.1) is 0 Å². The Bertz CT molecular complexity index is 1070. The Morgan fingerprint density at radius 1 is 0.971 bits per heavy atom. The van der Waals surface area contributed by atoms with Crippen LogP contribution in [0.1, 0.15) is 56.0 Å². The van der Waals surface area contributed by atoms with Gasteiger partial charge in [0.05, 0.1) is 5.41 Å². The van der Waals surface area contributed by atoms with E-state index in [4.69, 9.17) is 0 Å². The predicted molar refractivity (Wildman–Crippen MR) is 129 cm³/mol. The monoisotopic (exact) mass is 479 g/mol. The molecule has 2 heterocycles. The van der Waals surface area contributed by atoms with Crippen molar-refractivity contribution >= 4 is 11.9 Å². The van der Waals surface area contributed by atoms with E-state index in [0.29, 0.717) is 37.9 Å². The molecule has 5 fully saturated rings. The van der Waals surface area contributed by atoms with Gasteiger partial charge in [0.25, 0.3) is 0 Å². The van der Waals surface area contributed by atoms with Gasteiger partial charge < -0.3 is 19.7 Å². The topological polar surface area (TPSA) is 70.5 Å². The van der Waals surface area contributed by atoms with Gasteiger partial charge in [-0.2, -0.15) is 0 Å². The second-order valence-electron chi connectivity index (χ2n) is 11.3. The molecule has 1 aromatic heterocycles. The fourth-order valence-electron chi connectivity index (χ4n) is 7.64. The molecule has 35 heavy (non-hydrogen) atoms. The van der Waals surface area contributed by atoms with Crippen molar-refractivity contribution in [1.29, 1.82) is 0 Å². The van der Waals surface area contributed by atoms with Gasteiger partial charge in [-0.05, 0) is 74.0 Å². The van der Waals surface area contributed by atoms with Crippen LogP contribution in [0.25, 0.3) is 0 Å². The molecule has 1 saturated heterocycles. The van der Waals surface area contributed by atoms with Crippen LogP contribution in [-0.4, -0.2) is 57.5 Å². The second kappa shape index (κ2) is 8.64. The third kappa shape index (κ3) is 4.10. The number of aromatic nitrogens is 2. The molecule has 2 aromatic rings. The van der Waals surface area contributed by atoms with Crippen molar-refractivity contribution in [2.24, 2.45) is 30.2 Å². The van der Waals surface area contributed by atoms with Gasteiger partial charge >= 0.3 is 6.03 Å². The summed E-state index contributed by atoms with van der Waals surface area (Å²) in [6.45, 7) is 2.19. The summed E-state index contributed by atoms with van der Waals surface area (Å²) in [4.78, 5) is 35.2. The lowest BCUT2D eigenvalue weighted by Crippen LogP contribution is -2.59. The van der Waals surface area contributed by atoms with E-state index in [1.807, 2.05) is 22.7 Å². The highest BCUT2D eigenvalue weighted by Gasteiger charge is 2.55. The van der Waals surface area contributed by atoms with E-state index in [9.17, 15) is 14.0 Å². The summed E-state index contributed by atoms with van der Waals surface area (Å²) in [6, 6.07) is 5.46. The molecule has 1 atom stereocenters. The fraction of sp³-hybridized carbons (Fsp3) is 0.593. The van der Waals surface area contributed by atoms with Crippen LogP contribution in [0.5, 0.6) is 0 Å². The Labute approximate surface area is 205 Å².